The third-order valence-corrected chi connectivity index (χ3v) is 4.57. The van der Waals surface area contributed by atoms with Crippen LogP contribution in [0.4, 0.5) is 0 Å². The number of halogens is 2. The van der Waals surface area contributed by atoms with Crippen molar-refractivity contribution in [3.8, 4) is 0 Å². The van der Waals surface area contributed by atoms with Crippen molar-refractivity contribution in [3.05, 3.63) is 33.8 Å². The first-order valence-electron chi connectivity index (χ1n) is 7.39. The number of amides is 1. The molecule has 22 heavy (non-hydrogen) atoms. The van der Waals surface area contributed by atoms with Crippen molar-refractivity contribution in [1.29, 1.82) is 0 Å². The average Bonchev–Trinajstić information content (AvgIpc) is 2.83. The predicted molar refractivity (Wildman–Crippen MR) is 87.1 cm³/mol. The number of benzene rings is 1. The van der Waals surface area contributed by atoms with Crippen molar-refractivity contribution in [2.45, 2.75) is 43.8 Å². The van der Waals surface area contributed by atoms with Gasteiger partial charge in [0.2, 0.25) is 5.91 Å². The fourth-order valence-corrected chi connectivity index (χ4v) is 3.47. The van der Waals surface area contributed by atoms with Gasteiger partial charge in [0.1, 0.15) is 0 Å². The Labute approximate surface area is 140 Å². The highest BCUT2D eigenvalue weighted by Gasteiger charge is 2.33. The van der Waals surface area contributed by atoms with E-state index in [4.69, 9.17) is 23.2 Å². The number of nitrogens with zero attached hydrogens (tertiary/aromatic N) is 1. The van der Waals surface area contributed by atoms with Crippen LogP contribution in [-0.4, -0.2) is 40.2 Å². The molecule has 1 fully saturated rings. The van der Waals surface area contributed by atoms with Gasteiger partial charge in [-0.1, -0.05) is 36.0 Å². The van der Waals surface area contributed by atoms with Gasteiger partial charge in [0.15, 0.2) is 0 Å². The second-order valence-corrected chi connectivity index (χ2v) is 6.98. The number of hydrogen-bond donors (Lipinski definition) is 2. The number of carbonyl (C=O) groups is 1. The minimum Gasteiger partial charge on any atom is -0.388 e. The molecule has 2 rings (SSSR count). The number of hydrogen-bond acceptors (Lipinski definition) is 3. The van der Waals surface area contributed by atoms with Gasteiger partial charge in [-0.05, 0) is 36.6 Å². The Morgan fingerprint density at radius 1 is 1.27 bits per heavy atom. The Morgan fingerprint density at radius 2 is 1.82 bits per heavy atom. The van der Waals surface area contributed by atoms with Crippen LogP contribution in [0.15, 0.2) is 18.2 Å². The molecule has 1 atom stereocenters. The summed E-state index contributed by atoms with van der Waals surface area (Å²) in [7, 11) is 1.65. The second-order valence-electron chi connectivity index (χ2n) is 6.10. The smallest absolute Gasteiger partial charge is 0.225 e. The topological polar surface area (TPSA) is 60.8 Å². The lowest BCUT2D eigenvalue weighted by Crippen LogP contribution is -2.42. The summed E-state index contributed by atoms with van der Waals surface area (Å²) in [6.07, 6.45) is 2.38. The molecule has 122 valence electrons. The Morgan fingerprint density at radius 3 is 2.36 bits per heavy atom. The first-order chi connectivity index (χ1) is 10.3. The SMILES string of the molecule is CN(CC1(O)CCCC1)C(=O)CC(O)c1cc(Cl)cc(Cl)c1. The van der Waals surface area contributed by atoms with E-state index in [0.717, 1.165) is 25.7 Å². The molecule has 1 saturated carbocycles. The van der Waals surface area contributed by atoms with Crippen molar-refractivity contribution in [1.82, 2.24) is 4.90 Å². The number of likely N-dealkylation sites (N-methyl/N-ethyl adjacent to an activating group) is 1. The molecule has 1 aliphatic carbocycles. The maximum Gasteiger partial charge on any atom is 0.225 e. The molecule has 1 unspecified atom stereocenters. The molecule has 0 saturated heterocycles. The maximum atomic E-state index is 12.2. The number of carbonyl (C=O) groups excluding carboxylic acids is 1. The van der Waals surface area contributed by atoms with E-state index in [2.05, 4.69) is 0 Å². The van der Waals surface area contributed by atoms with Crippen LogP contribution in [0.5, 0.6) is 0 Å². The molecule has 0 radical (unpaired) electrons. The van der Waals surface area contributed by atoms with E-state index < -0.39 is 11.7 Å². The molecule has 0 spiro atoms. The Hall–Kier alpha value is -0.810. The van der Waals surface area contributed by atoms with Crippen LogP contribution in [0.2, 0.25) is 10.0 Å². The zero-order valence-corrected chi connectivity index (χ0v) is 14.1. The van der Waals surface area contributed by atoms with Gasteiger partial charge in [0.25, 0.3) is 0 Å². The van der Waals surface area contributed by atoms with Gasteiger partial charge < -0.3 is 15.1 Å². The van der Waals surface area contributed by atoms with E-state index in [-0.39, 0.29) is 12.3 Å². The summed E-state index contributed by atoms with van der Waals surface area (Å²) >= 11 is 11.8. The zero-order valence-electron chi connectivity index (χ0n) is 12.6. The maximum absolute atomic E-state index is 12.2. The van der Waals surface area contributed by atoms with E-state index in [1.54, 1.807) is 25.2 Å². The first-order valence-corrected chi connectivity index (χ1v) is 8.15. The summed E-state index contributed by atoms with van der Waals surface area (Å²) in [4.78, 5) is 13.7. The quantitative estimate of drug-likeness (QED) is 0.861. The largest absolute Gasteiger partial charge is 0.388 e. The van der Waals surface area contributed by atoms with Gasteiger partial charge in [0, 0.05) is 23.6 Å². The molecule has 0 bridgehead atoms. The fourth-order valence-electron chi connectivity index (χ4n) is 2.93. The highest BCUT2D eigenvalue weighted by Crippen LogP contribution is 2.30. The summed E-state index contributed by atoms with van der Waals surface area (Å²) < 4.78 is 0. The Kier molecular flexibility index (Phi) is 5.72. The van der Waals surface area contributed by atoms with Gasteiger partial charge in [-0.3, -0.25) is 4.79 Å². The molecule has 1 aromatic carbocycles. The zero-order chi connectivity index (χ0) is 16.3. The van der Waals surface area contributed by atoms with Crippen LogP contribution in [0.1, 0.15) is 43.8 Å². The van der Waals surface area contributed by atoms with Crippen LogP contribution in [0, 0.1) is 0 Å². The number of aliphatic hydroxyl groups is 2. The molecule has 1 aromatic rings. The molecule has 4 nitrogen and oxygen atoms in total. The highest BCUT2D eigenvalue weighted by molar-refractivity contribution is 6.34. The third kappa shape index (κ3) is 4.59. The van der Waals surface area contributed by atoms with Gasteiger partial charge in [-0.15, -0.1) is 0 Å². The molecule has 0 heterocycles. The molecule has 6 heteroatoms. The molecule has 0 aromatic heterocycles. The van der Waals surface area contributed by atoms with Crippen molar-refractivity contribution >= 4 is 29.1 Å². The lowest BCUT2D eigenvalue weighted by atomic mass is 10.0. The summed E-state index contributed by atoms with van der Waals surface area (Å²) in [6.45, 7) is 0.300. The summed E-state index contributed by atoms with van der Waals surface area (Å²) in [6, 6.07) is 4.76. The predicted octanol–water partition coefficient (Wildman–Crippen LogP) is 3.18. The van der Waals surface area contributed by atoms with Crippen LogP contribution in [0.25, 0.3) is 0 Å². The second kappa shape index (κ2) is 7.18. The summed E-state index contributed by atoms with van der Waals surface area (Å²) in [5, 5.41) is 21.4. The van der Waals surface area contributed by atoms with Crippen LogP contribution in [0.3, 0.4) is 0 Å². The number of rotatable bonds is 5. The highest BCUT2D eigenvalue weighted by atomic mass is 35.5. The Balaban J connectivity index is 1.95. The van der Waals surface area contributed by atoms with E-state index in [1.807, 2.05) is 0 Å². The minimum absolute atomic E-state index is 0.0662. The molecule has 1 amide bonds. The van der Waals surface area contributed by atoms with E-state index in [0.29, 0.717) is 22.2 Å². The van der Waals surface area contributed by atoms with E-state index >= 15 is 0 Å². The monoisotopic (exact) mass is 345 g/mol. The van der Waals surface area contributed by atoms with Crippen molar-refractivity contribution < 1.29 is 15.0 Å². The normalized spacial score (nSPS) is 18.2. The summed E-state index contributed by atoms with van der Waals surface area (Å²) in [5.41, 5.74) is -0.270. The van der Waals surface area contributed by atoms with Gasteiger partial charge in [-0.2, -0.15) is 0 Å². The Bertz CT molecular complexity index is 524. The van der Waals surface area contributed by atoms with E-state index in [9.17, 15) is 15.0 Å². The van der Waals surface area contributed by atoms with Crippen molar-refractivity contribution in [2.75, 3.05) is 13.6 Å². The average molecular weight is 346 g/mol. The molecular formula is C16H21Cl2NO3. The summed E-state index contributed by atoms with van der Waals surface area (Å²) in [5.74, 6) is -0.219. The van der Waals surface area contributed by atoms with Crippen LogP contribution < -0.4 is 0 Å². The van der Waals surface area contributed by atoms with E-state index in [1.165, 1.54) is 4.90 Å². The van der Waals surface area contributed by atoms with Crippen molar-refractivity contribution in [2.24, 2.45) is 0 Å². The van der Waals surface area contributed by atoms with Crippen LogP contribution in [-0.2, 0) is 4.79 Å². The van der Waals surface area contributed by atoms with Gasteiger partial charge in [0.05, 0.1) is 18.1 Å². The molecular weight excluding hydrogens is 325 g/mol. The lowest BCUT2D eigenvalue weighted by molar-refractivity contribution is -0.135. The van der Waals surface area contributed by atoms with Crippen LogP contribution >= 0.6 is 23.2 Å². The number of aliphatic hydroxyl groups excluding tert-OH is 1. The molecule has 0 aliphatic heterocycles. The van der Waals surface area contributed by atoms with Gasteiger partial charge >= 0.3 is 0 Å². The third-order valence-electron chi connectivity index (χ3n) is 4.13. The molecule has 2 N–H and O–H groups in total. The van der Waals surface area contributed by atoms with Crippen molar-refractivity contribution in [3.63, 3.8) is 0 Å². The minimum atomic E-state index is -0.968. The van der Waals surface area contributed by atoms with Gasteiger partial charge in [-0.25, -0.2) is 0 Å². The standard InChI is InChI=1S/C16H21Cl2NO3/c1-19(10-16(22)4-2-3-5-16)15(21)9-14(20)11-6-12(17)8-13(18)7-11/h6-8,14,20,22H,2-5,9-10H2,1H3. The molecule has 1 aliphatic rings. The first kappa shape index (κ1) is 17.5. The lowest BCUT2D eigenvalue weighted by Gasteiger charge is -2.29. The fraction of sp³-hybridized carbons (Fsp3) is 0.562.